The van der Waals surface area contributed by atoms with E-state index in [-0.39, 0.29) is 5.95 Å². The summed E-state index contributed by atoms with van der Waals surface area (Å²) in [6.45, 7) is 2.71. The largest absolute Gasteiger partial charge is 0.369 e. The summed E-state index contributed by atoms with van der Waals surface area (Å²) in [6, 6.07) is 0. The van der Waals surface area contributed by atoms with Gasteiger partial charge in [-0.25, -0.2) is 4.98 Å². The van der Waals surface area contributed by atoms with Gasteiger partial charge in [-0.1, -0.05) is 11.6 Å². The molecule has 0 aliphatic heterocycles. The number of nitrogens with zero attached hydrogens (tertiary/aromatic N) is 2. The lowest BCUT2D eigenvalue weighted by molar-refractivity contribution is 1.12. The number of anilines is 2. The lowest BCUT2D eigenvalue weighted by Crippen LogP contribution is -2.03. The molecule has 0 amide bonds. The van der Waals surface area contributed by atoms with E-state index in [0.29, 0.717) is 10.8 Å². The lowest BCUT2D eigenvalue weighted by Gasteiger charge is -2.03. The van der Waals surface area contributed by atoms with Crippen molar-refractivity contribution in [3.63, 3.8) is 0 Å². The summed E-state index contributed by atoms with van der Waals surface area (Å²) in [6.07, 6.45) is 1.47. The Hall–Kier alpha value is -1.03. The van der Waals surface area contributed by atoms with E-state index in [0.717, 1.165) is 6.54 Å². The van der Waals surface area contributed by atoms with Crippen LogP contribution in [0, 0.1) is 0 Å². The quantitative estimate of drug-likeness (QED) is 0.703. The minimum Gasteiger partial charge on any atom is -0.369 e. The number of aromatic nitrogens is 2. The Labute approximate surface area is 69.8 Å². The molecule has 0 unspecified atom stereocenters. The molecule has 0 saturated carbocycles. The second kappa shape index (κ2) is 3.39. The number of nitrogens with two attached hydrogens (primary N) is 1. The highest BCUT2D eigenvalue weighted by atomic mass is 35.5. The number of nitrogens with one attached hydrogen (secondary N) is 1. The molecule has 3 N–H and O–H groups in total. The van der Waals surface area contributed by atoms with Crippen LogP contribution in [-0.2, 0) is 0 Å². The van der Waals surface area contributed by atoms with Crippen molar-refractivity contribution in [1.82, 2.24) is 9.97 Å². The number of hydrogen-bond donors (Lipinski definition) is 2. The number of hydrogen-bond acceptors (Lipinski definition) is 4. The fourth-order valence-electron chi connectivity index (χ4n) is 0.672. The number of nitrogen functional groups attached to an aromatic ring is 1. The van der Waals surface area contributed by atoms with Crippen LogP contribution < -0.4 is 11.1 Å². The van der Waals surface area contributed by atoms with Crippen molar-refractivity contribution in [2.45, 2.75) is 6.92 Å². The van der Waals surface area contributed by atoms with E-state index in [4.69, 9.17) is 17.3 Å². The van der Waals surface area contributed by atoms with Crippen LogP contribution in [-0.4, -0.2) is 16.5 Å². The summed E-state index contributed by atoms with van der Waals surface area (Å²) in [5.74, 6) is 0.812. The molecule has 1 heterocycles. The van der Waals surface area contributed by atoms with Gasteiger partial charge in [0, 0.05) is 6.54 Å². The molecule has 0 aromatic carbocycles. The Balaban J connectivity index is 2.93. The van der Waals surface area contributed by atoms with E-state index < -0.39 is 0 Å². The molecule has 5 heteroatoms. The molecule has 1 rings (SSSR count). The normalized spacial score (nSPS) is 9.64. The Morgan fingerprint density at radius 1 is 1.73 bits per heavy atom. The highest BCUT2D eigenvalue weighted by molar-refractivity contribution is 6.32. The number of rotatable bonds is 2. The van der Waals surface area contributed by atoms with Crippen molar-refractivity contribution in [3.05, 3.63) is 11.2 Å². The third-order valence-electron chi connectivity index (χ3n) is 1.11. The predicted octanol–water partition coefficient (Wildman–Crippen LogP) is 1.14. The van der Waals surface area contributed by atoms with Crippen LogP contribution >= 0.6 is 11.6 Å². The summed E-state index contributed by atoms with van der Waals surface area (Å²) in [4.78, 5) is 7.60. The third kappa shape index (κ3) is 1.94. The summed E-state index contributed by atoms with van der Waals surface area (Å²) >= 11 is 5.73. The van der Waals surface area contributed by atoms with Gasteiger partial charge < -0.3 is 11.1 Å². The summed E-state index contributed by atoms with van der Waals surface area (Å²) in [7, 11) is 0. The van der Waals surface area contributed by atoms with Crippen molar-refractivity contribution in [2.24, 2.45) is 0 Å². The first kappa shape index (κ1) is 8.07. The van der Waals surface area contributed by atoms with Gasteiger partial charge in [-0.3, -0.25) is 0 Å². The summed E-state index contributed by atoms with van der Waals surface area (Å²) in [5, 5.41) is 3.44. The van der Waals surface area contributed by atoms with Crippen LogP contribution in [0.4, 0.5) is 11.8 Å². The van der Waals surface area contributed by atoms with Gasteiger partial charge >= 0.3 is 0 Å². The fourth-order valence-corrected chi connectivity index (χ4v) is 0.830. The number of halogens is 1. The maximum Gasteiger partial charge on any atom is 0.222 e. The van der Waals surface area contributed by atoms with Crippen LogP contribution in [0.25, 0.3) is 0 Å². The first-order valence-corrected chi connectivity index (χ1v) is 3.63. The fraction of sp³-hybridized carbons (Fsp3) is 0.333. The van der Waals surface area contributed by atoms with Crippen LogP contribution in [0.15, 0.2) is 6.20 Å². The SMILES string of the molecule is CCNc1nc(N)ncc1Cl. The van der Waals surface area contributed by atoms with Crippen LogP contribution in [0.1, 0.15) is 6.92 Å². The molecule has 0 radical (unpaired) electrons. The van der Waals surface area contributed by atoms with Crippen molar-refractivity contribution in [2.75, 3.05) is 17.6 Å². The Morgan fingerprint density at radius 3 is 3.09 bits per heavy atom. The minimum atomic E-state index is 0.227. The first-order valence-electron chi connectivity index (χ1n) is 3.26. The second-order valence-electron chi connectivity index (χ2n) is 1.96. The smallest absolute Gasteiger partial charge is 0.222 e. The van der Waals surface area contributed by atoms with E-state index in [2.05, 4.69) is 15.3 Å². The molecule has 0 saturated heterocycles. The highest BCUT2D eigenvalue weighted by Gasteiger charge is 2.00. The van der Waals surface area contributed by atoms with E-state index in [1.54, 1.807) is 0 Å². The molecule has 0 atom stereocenters. The van der Waals surface area contributed by atoms with Gasteiger partial charge in [0.2, 0.25) is 5.95 Å². The maximum atomic E-state index is 5.73. The molecule has 1 aromatic heterocycles. The minimum absolute atomic E-state index is 0.227. The third-order valence-corrected chi connectivity index (χ3v) is 1.38. The summed E-state index contributed by atoms with van der Waals surface area (Å²) in [5.41, 5.74) is 5.34. The van der Waals surface area contributed by atoms with Crippen molar-refractivity contribution in [1.29, 1.82) is 0 Å². The van der Waals surface area contributed by atoms with Crippen LogP contribution in [0.3, 0.4) is 0 Å². The lowest BCUT2D eigenvalue weighted by atomic mass is 10.5. The van der Waals surface area contributed by atoms with Gasteiger partial charge in [-0.05, 0) is 6.92 Å². The molecule has 0 aliphatic rings. The molecule has 0 spiro atoms. The van der Waals surface area contributed by atoms with E-state index in [1.807, 2.05) is 6.92 Å². The Morgan fingerprint density at radius 2 is 2.45 bits per heavy atom. The zero-order valence-electron chi connectivity index (χ0n) is 6.13. The zero-order chi connectivity index (χ0) is 8.27. The average Bonchev–Trinajstić information content (AvgIpc) is 1.98. The maximum absolute atomic E-state index is 5.73. The van der Waals surface area contributed by atoms with Crippen LogP contribution in [0.2, 0.25) is 5.02 Å². The second-order valence-corrected chi connectivity index (χ2v) is 2.36. The van der Waals surface area contributed by atoms with E-state index in [1.165, 1.54) is 6.20 Å². The standard InChI is InChI=1S/C6H9ClN4/c1-2-9-5-4(7)3-10-6(8)11-5/h3H,2H2,1H3,(H3,8,9,10,11). The summed E-state index contributed by atoms with van der Waals surface area (Å²) < 4.78 is 0. The van der Waals surface area contributed by atoms with Gasteiger partial charge in [-0.2, -0.15) is 4.98 Å². The van der Waals surface area contributed by atoms with E-state index >= 15 is 0 Å². The molecule has 0 aliphatic carbocycles. The molecule has 60 valence electrons. The van der Waals surface area contributed by atoms with Crippen molar-refractivity contribution < 1.29 is 0 Å². The molecule has 0 bridgehead atoms. The Kier molecular flexibility index (Phi) is 2.48. The van der Waals surface area contributed by atoms with Gasteiger partial charge in [0.15, 0.2) is 0 Å². The van der Waals surface area contributed by atoms with Gasteiger partial charge in [-0.15, -0.1) is 0 Å². The predicted molar refractivity (Wildman–Crippen MR) is 45.6 cm³/mol. The molecule has 4 nitrogen and oxygen atoms in total. The molecular formula is C6H9ClN4. The topological polar surface area (TPSA) is 63.8 Å². The average molecular weight is 173 g/mol. The van der Waals surface area contributed by atoms with Crippen molar-refractivity contribution >= 4 is 23.4 Å². The molecular weight excluding hydrogens is 164 g/mol. The highest BCUT2D eigenvalue weighted by Crippen LogP contribution is 2.17. The van der Waals surface area contributed by atoms with E-state index in [9.17, 15) is 0 Å². The van der Waals surface area contributed by atoms with Crippen LogP contribution in [0.5, 0.6) is 0 Å². The van der Waals surface area contributed by atoms with Gasteiger partial charge in [0.05, 0.1) is 6.20 Å². The molecule has 11 heavy (non-hydrogen) atoms. The Bertz CT molecular complexity index is 250. The van der Waals surface area contributed by atoms with Gasteiger partial charge in [0.25, 0.3) is 0 Å². The zero-order valence-corrected chi connectivity index (χ0v) is 6.89. The monoisotopic (exact) mass is 172 g/mol. The first-order chi connectivity index (χ1) is 5.24. The van der Waals surface area contributed by atoms with Gasteiger partial charge in [0.1, 0.15) is 10.8 Å². The molecule has 1 aromatic rings. The molecule has 0 fully saturated rings. The van der Waals surface area contributed by atoms with Crippen molar-refractivity contribution in [3.8, 4) is 0 Å².